The molecule has 0 radical (unpaired) electrons. The van der Waals surface area contributed by atoms with Gasteiger partial charge >= 0.3 is 5.69 Å². The topological polar surface area (TPSA) is 75.4 Å². The van der Waals surface area contributed by atoms with E-state index in [2.05, 4.69) is 21.2 Å². The fourth-order valence-corrected chi connectivity index (χ4v) is 2.03. The second-order valence-corrected chi connectivity index (χ2v) is 4.33. The predicted molar refractivity (Wildman–Crippen MR) is 65.1 cm³/mol. The molecule has 0 amide bonds. The molecule has 7 heteroatoms. The Balaban J connectivity index is 0.00000128. The average molecular weight is 310 g/mol. The molecule has 5 nitrogen and oxygen atoms in total. The van der Waals surface area contributed by atoms with E-state index in [-0.39, 0.29) is 29.9 Å². The average Bonchev–Trinajstić information content (AvgIpc) is 2.07. The van der Waals surface area contributed by atoms with Gasteiger partial charge in [0.05, 0.1) is 4.92 Å². The molecule has 1 heterocycles. The second-order valence-electron chi connectivity index (χ2n) is 3.42. The number of nitro benzene ring substituents is 1. The molecule has 16 heavy (non-hydrogen) atoms. The lowest BCUT2D eigenvalue weighted by molar-refractivity contribution is -0.386. The van der Waals surface area contributed by atoms with Crippen molar-refractivity contribution in [2.45, 2.75) is 12.5 Å². The minimum atomic E-state index is -0.581. The number of aromatic hydroxyl groups is 1. The zero-order valence-corrected chi connectivity index (χ0v) is 10.5. The van der Waals surface area contributed by atoms with Crippen LogP contribution in [0.15, 0.2) is 16.6 Å². The Labute approximate surface area is 107 Å². The van der Waals surface area contributed by atoms with Crippen LogP contribution in [-0.2, 0) is 0 Å². The fourth-order valence-electron chi connectivity index (χ4n) is 1.56. The Morgan fingerprint density at radius 2 is 2.19 bits per heavy atom. The number of hydrogen-bond acceptors (Lipinski definition) is 4. The van der Waals surface area contributed by atoms with Gasteiger partial charge in [0, 0.05) is 22.1 Å². The van der Waals surface area contributed by atoms with Gasteiger partial charge in [0.2, 0.25) is 0 Å². The van der Waals surface area contributed by atoms with E-state index in [1.165, 1.54) is 6.07 Å². The Kier molecular flexibility index (Phi) is 4.12. The quantitative estimate of drug-likeness (QED) is 0.650. The summed E-state index contributed by atoms with van der Waals surface area (Å²) in [5.41, 5.74) is 0.329. The number of nitro groups is 1. The van der Waals surface area contributed by atoms with E-state index in [0.29, 0.717) is 10.0 Å². The summed E-state index contributed by atoms with van der Waals surface area (Å²) < 4.78 is 0.607. The molecule has 2 N–H and O–H groups in total. The molecular formula is C9H10BrClN2O3. The first-order chi connectivity index (χ1) is 7.09. The van der Waals surface area contributed by atoms with Crippen LogP contribution in [0.25, 0.3) is 0 Å². The molecule has 1 aliphatic heterocycles. The number of hydrogen-bond donors (Lipinski definition) is 2. The molecule has 0 unspecified atom stereocenters. The molecule has 1 saturated heterocycles. The first kappa shape index (κ1) is 13.2. The highest BCUT2D eigenvalue weighted by atomic mass is 79.9. The number of halogens is 2. The smallest absolute Gasteiger partial charge is 0.312 e. The van der Waals surface area contributed by atoms with Crippen molar-refractivity contribution in [2.24, 2.45) is 0 Å². The number of phenols is 1. The van der Waals surface area contributed by atoms with Gasteiger partial charge in [-0.2, -0.15) is 0 Å². The molecule has 0 bridgehead atoms. The summed E-state index contributed by atoms with van der Waals surface area (Å²) in [6.45, 7) is 0.879. The van der Waals surface area contributed by atoms with Crippen molar-refractivity contribution >= 4 is 34.0 Å². The SMILES string of the molecule is Cl.O=[N+]([O-])c1cc(Br)cc([C@H]2CCN2)c1O. The van der Waals surface area contributed by atoms with E-state index in [4.69, 9.17) is 0 Å². The molecule has 1 atom stereocenters. The highest BCUT2D eigenvalue weighted by Gasteiger charge is 2.27. The maximum atomic E-state index is 10.7. The Morgan fingerprint density at radius 1 is 1.56 bits per heavy atom. The monoisotopic (exact) mass is 308 g/mol. The number of rotatable bonds is 2. The molecule has 2 rings (SSSR count). The molecule has 0 aromatic heterocycles. The van der Waals surface area contributed by atoms with Crippen LogP contribution < -0.4 is 5.32 Å². The molecule has 0 aliphatic carbocycles. The number of nitrogens with zero attached hydrogens (tertiary/aromatic N) is 1. The van der Waals surface area contributed by atoms with Gasteiger partial charge in [-0.3, -0.25) is 10.1 Å². The van der Waals surface area contributed by atoms with E-state index in [1.54, 1.807) is 6.07 Å². The first-order valence-electron chi connectivity index (χ1n) is 4.50. The predicted octanol–water partition coefficient (Wildman–Crippen LogP) is 2.52. The van der Waals surface area contributed by atoms with Crippen molar-refractivity contribution in [3.8, 4) is 5.75 Å². The van der Waals surface area contributed by atoms with Crippen molar-refractivity contribution in [1.29, 1.82) is 0 Å². The van der Waals surface area contributed by atoms with Gasteiger partial charge in [-0.15, -0.1) is 12.4 Å². The van der Waals surface area contributed by atoms with Crippen molar-refractivity contribution in [3.05, 3.63) is 32.3 Å². The maximum absolute atomic E-state index is 10.7. The van der Waals surface area contributed by atoms with E-state index in [1.807, 2.05) is 0 Å². The second kappa shape index (κ2) is 4.99. The standard InChI is InChI=1S/C9H9BrN2O3.ClH/c10-5-3-6(7-1-2-11-7)9(13)8(4-5)12(14)15;/h3-4,7,11,13H,1-2H2;1H/t7-;/m1./s1. The minimum absolute atomic E-state index is 0. The normalized spacial score (nSPS) is 18.4. The lowest BCUT2D eigenvalue weighted by Crippen LogP contribution is -2.35. The Hall–Kier alpha value is -0.850. The molecule has 1 aromatic carbocycles. The summed E-state index contributed by atoms with van der Waals surface area (Å²) in [7, 11) is 0. The van der Waals surface area contributed by atoms with Gasteiger partial charge in [0.1, 0.15) is 0 Å². The fraction of sp³-hybridized carbons (Fsp3) is 0.333. The largest absolute Gasteiger partial charge is 0.502 e. The molecule has 1 fully saturated rings. The third-order valence-electron chi connectivity index (χ3n) is 2.48. The van der Waals surface area contributed by atoms with Gasteiger partial charge in [-0.05, 0) is 19.0 Å². The third kappa shape index (κ3) is 2.28. The van der Waals surface area contributed by atoms with Crippen LogP contribution in [0.2, 0.25) is 0 Å². The zero-order chi connectivity index (χ0) is 11.0. The zero-order valence-electron chi connectivity index (χ0n) is 8.14. The van der Waals surface area contributed by atoms with Gasteiger partial charge in [-0.25, -0.2) is 0 Å². The molecular weight excluding hydrogens is 299 g/mol. The Morgan fingerprint density at radius 3 is 2.62 bits per heavy atom. The van der Waals surface area contributed by atoms with Crippen LogP contribution in [-0.4, -0.2) is 16.6 Å². The molecule has 1 aromatic rings. The molecule has 0 saturated carbocycles. The van der Waals surface area contributed by atoms with Crippen molar-refractivity contribution in [3.63, 3.8) is 0 Å². The first-order valence-corrected chi connectivity index (χ1v) is 5.29. The van der Waals surface area contributed by atoms with Crippen LogP contribution >= 0.6 is 28.3 Å². The lowest BCUT2D eigenvalue weighted by atomic mass is 9.96. The van der Waals surface area contributed by atoms with Crippen LogP contribution in [0.5, 0.6) is 5.75 Å². The highest BCUT2D eigenvalue weighted by Crippen LogP contribution is 2.39. The minimum Gasteiger partial charge on any atom is -0.502 e. The number of phenolic OH excluding ortho intramolecular Hbond substituents is 1. The van der Waals surface area contributed by atoms with Crippen molar-refractivity contribution in [2.75, 3.05) is 6.54 Å². The summed E-state index contributed by atoms with van der Waals surface area (Å²) in [5.74, 6) is -0.236. The summed E-state index contributed by atoms with van der Waals surface area (Å²) in [6, 6.07) is 3.04. The van der Waals surface area contributed by atoms with Gasteiger partial charge in [-0.1, -0.05) is 15.9 Å². The molecule has 88 valence electrons. The summed E-state index contributed by atoms with van der Waals surface area (Å²) >= 11 is 3.19. The van der Waals surface area contributed by atoms with E-state index < -0.39 is 4.92 Å². The van der Waals surface area contributed by atoms with E-state index in [9.17, 15) is 15.2 Å². The van der Waals surface area contributed by atoms with E-state index >= 15 is 0 Å². The van der Waals surface area contributed by atoms with Crippen LogP contribution in [0.1, 0.15) is 18.0 Å². The summed E-state index contributed by atoms with van der Waals surface area (Å²) in [5, 5.41) is 23.5. The summed E-state index contributed by atoms with van der Waals surface area (Å²) in [4.78, 5) is 10.1. The number of benzene rings is 1. The molecule has 1 aliphatic rings. The van der Waals surface area contributed by atoms with Crippen LogP contribution in [0.4, 0.5) is 5.69 Å². The van der Waals surface area contributed by atoms with Gasteiger partial charge in [0.15, 0.2) is 5.75 Å². The maximum Gasteiger partial charge on any atom is 0.312 e. The van der Waals surface area contributed by atoms with Crippen LogP contribution in [0.3, 0.4) is 0 Å². The summed E-state index contributed by atoms with van der Waals surface area (Å²) in [6.07, 6.45) is 0.890. The van der Waals surface area contributed by atoms with Gasteiger partial charge < -0.3 is 10.4 Å². The van der Waals surface area contributed by atoms with Crippen LogP contribution in [0, 0.1) is 10.1 Å². The third-order valence-corrected chi connectivity index (χ3v) is 2.94. The van der Waals surface area contributed by atoms with Gasteiger partial charge in [0.25, 0.3) is 0 Å². The van der Waals surface area contributed by atoms with Crippen molar-refractivity contribution < 1.29 is 10.0 Å². The number of nitrogens with one attached hydrogen (secondary N) is 1. The Bertz CT molecular complexity index is 423. The highest BCUT2D eigenvalue weighted by molar-refractivity contribution is 9.10. The van der Waals surface area contributed by atoms with E-state index in [0.717, 1.165) is 13.0 Å². The molecule has 0 spiro atoms. The lowest BCUT2D eigenvalue weighted by Gasteiger charge is -2.28. The van der Waals surface area contributed by atoms with Crippen molar-refractivity contribution in [1.82, 2.24) is 5.32 Å².